The zero-order valence-electron chi connectivity index (χ0n) is 17.9. The van der Waals surface area contributed by atoms with E-state index >= 15 is 0 Å². The number of aromatic nitrogens is 3. The summed E-state index contributed by atoms with van der Waals surface area (Å²) >= 11 is 7.33. The first-order chi connectivity index (χ1) is 14.9. The molecule has 1 heterocycles. The van der Waals surface area contributed by atoms with Gasteiger partial charge in [-0.1, -0.05) is 41.1 Å². The van der Waals surface area contributed by atoms with Crippen LogP contribution in [0.1, 0.15) is 23.9 Å². The summed E-state index contributed by atoms with van der Waals surface area (Å²) in [4.78, 5) is 12.4. The fourth-order valence-electron chi connectivity index (χ4n) is 3.05. The predicted octanol–water partition coefficient (Wildman–Crippen LogP) is 4.89. The molecule has 0 bridgehead atoms. The van der Waals surface area contributed by atoms with Crippen molar-refractivity contribution in [2.45, 2.75) is 39.1 Å². The van der Waals surface area contributed by atoms with Crippen molar-refractivity contribution in [1.82, 2.24) is 14.8 Å². The fraction of sp³-hybridized carbons (Fsp3) is 0.318. The summed E-state index contributed by atoms with van der Waals surface area (Å²) in [5.41, 5.74) is 2.79. The van der Waals surface area contributed by atoms with Gasteiger partial charge in [-0.25, -0.2) is 0 Å². The molecule has 0 spiro atoms. The SMILES string of the molecule is CCn1c(COc2ccc(C)cc2C)nnc1SCC(=O)Nc1cc(Cl)ccc1OC. The molecule has 0 saturated carbocycles. The molecule has 7 nitrogen and oxygen atoms in total. The smallest absolute Gasteiger partial charge is 0.234 e. The Morgan fingerprint density at radius 1 is 1.16 bits per heavy atom. The van der Waals surface area contributed by atoms with E-state index in [1.807, 2.05) is 37.5 Å². The summed E-state index contributed by atoms with van der Waals surface area (Å²) in [6.45, 7) is 7.04. The van der Waals surface area contributed by atoms with Gasteiger partial charge in [0.05, 0.1) is 18.6 Å². The monoisotopic (exact) mass is 460 g/mol. The van der Waals surface area contributed by atoms with Gasteiger partial charge < -0.3 is 19.4 Å². The number of anilines is 1. The van der Waals surface area contributed by atoms with Gasteiger partial charge in [0, 0.05) is 11.6 Å². The number of halogens is 1. The van der Waals surface area contributed by atoms with Crippen LogP contribution in [0.5, 0.6) is 11.5 Å². The van der Waals surface area contributed by atoms with Crippen LogP contribution in [0.4, 0.5) is 5.69 Å². The molecule has 2 aromatic carbocycles. The number of hydrogen-bond donors (Lipinski definition) is 1. The second-order valence-corrected chi connectivity index (χ2v) is 8.26. The third kappa shape index (κ3) is 5.92. The maximum absolute atomic E-state index is 12.4. The predicted molar refractivity (Wildman–Crippen MR) is 123 cm³/mol. The lowest BCUT2D eigenvalue weighted by Crippen LogP contribution is -2.15. The highest BCUT2D eigenvalue weighted by Gasteiger charge is 2.15. The molecule has 31 heavy (non-hydrogen) atoms. The molecule has 164 valence electrons. The number of thioether (sulfide) groups is 1. The fourth-order valence-corrected chi connectivity index (χ4v) is 4.04. The standard InChI is InChI=1S/C22H25ClN4O3S/c1-5-27-20(12-30-18-8-6-14(2)10-15(18)3)25-26-22(27)31-13-21(28)24-17-11-16(23)7-9-19(17)29-4/h6-11H,5,12-13H2,1-4H3,(H,24,28). The van der Waals surface area contributed by atoms with Crippen molar-refractivity contribution >= 4 is 35.0 Å². The number of carbonyl (C=O) groups is 1. The van der Waals surface area contributed by atoms with Gasteiger partial charge in [0.1, 0.15) is 18.1 Å². The molecule has 0 unspecified atom stereocenters. The molecule has 0 aliphatic heterocycles. The second-order valence-electron chi connectivity index (χ2n) is 6.88. The van der Waals surface area contributed by atoms with Crippen molar-refractivity contribution in [1.29, 1.82) is 0 Å². The molecular weight excluding hydrogens is 436 g/mol. The number of aryl methyl sites for hydroxylation is 2. The van der Waals surface area contributed by atoms with Gasteiger partial charge in [-0.15, -0.1) is 10.2 Å². The summed E-state index contributed by atoms with van der Waals surface area (Å²) < 4.78 is 13.1. The molecule has 1 amide bonds. The van der Waals surface area contributed by atoms with Gasteiger partial charge >= 0.3 is 0 Å². The van der Waals surface area contributed by atoms with Crippen LogP contribution in [0.25, 0.3) is 0 Å². The van der Waals surface area contributed by atoms with E-state index in [0.717, 1.165) is 11.3 Å². The number of nitrogens with zero attached hydrogens (tertiary/aromatic N) is 3. The molecule has 9 heteroatoms. The molecule has 0 atom stereocenters. The Labute approximate surface area is 191 Å². The number of carbonyl (C=O) groups excluding carboxylic acids is 1. The molecule has 0 radical (unpaired) electrons. The van der Waals surface area contributed by atoms with Crippen LogP contribution >= 0.6 is 23.4 Å². The Balaban J connectivity index is 1.61. The molecule has 0 saturated heterocycles. The Morgan fingerprint density at radius 3 is 2.65 bits per heavy atom. The minimum absolute atomic E-state index is 0.172. The molecule has 1 aromatic heterocycles. The lowest BCUT2D eigenvalue weighted by atomic mass is 10.1. The topological polar surface area (TPSA) is 78.3 Å². The van der Waals surface area contributed by atoms with Crippen LogP contribution in [0, 0.1) is 13.8 Å². The van der Waals surface area contributed by atoms with Crippen LogP contribution in [-0.4, -0.2) is 33.5 Å². The van der Waals surface area contributed by atoms with E-state index in [2.05, 4.69) is 21.6 Å². The summed E-state index contributed by atoms with van der Waals surface area (Å²) in [5.74, 6) is 2.06. The minimum Gasteiger partial charge on any atom is -0.495 e. The number of amides is 1. The maximum Gasteiger partial charge on any atom is 0.234 e. The first kappa shape index (κ1) is 23.0. The summed E-state index contributed by atoms with van der Waals surface area (Å²) in [5, 5.41) is 12.5. The van der Waals surface area contributed by atoms with E-state index in [4.69, 9.17) is 21.1 Å². The van der Waals surface area contributed by atoms with Crippen molar-refractivity contribution < 1.29 is 14.3 Å². The van der Waals surface area contributed by atoms with Crippen LogP contribution in [0.15, 0.2) is 41.6 Å². The average molecular weight is 461 g/mol. The number of methoxy groups -OCH3 is 1. The normalized spacial score (nSPS) is 10.7. The van der Waals surface area contributed by atoms with Gasteiger partial charge in [0.25, 0.3) is 0 Å². The lowest BCUT2D eigenvalue weighted by molar-refractivity contribution is -0.113. The number of benzene rings is 2. The van der Waals surface area contributed by atoms with Gasteiger partial charge in [-0.05, 0) is 50.6 Å². The number of nitrogens with one attached hydrogen (secondary N) is 1. The summed E-state index contributed by atoms with van der Waals surface area (Å²) in [7, 11) is 1.54. The maximum atomic E-state index is 12.4. The summed E-state index contributed by atoms with van der Waals surface area (Å²) in [6, 6.07) is 11.1. The van der Waals surface area contributed by atoms with Crippen molar-refractivity contribution in [2.75, 3.05) is 18.2 Å². The highest BCUT2D eigenvalue weighted by molar-refractivity contribution is 7.99. The molecular formula is C22H25ClN4O3S. The van der Waals surface area contributed by atoms with Crippen LogP contribution in [-0.2, 0) is 17.9 Å². The van der Waals surface area contributed by atoms with Crippen molar-refractivity contribution in [3.8, 4) is 11.5 Å². The van der Waals surface area contributed by atoms with E-state index in [1.165, 1.54) is 17.3 Å². The largest absolute Gasteiger partial charge is 0.495 e. The Hall–Kier alpha value is -2.71. The van der Waals surface area contributed by atoms with E-state index in [1.54, 1.807) is 25.3 Å². The minimum atomic E-state index is -0.190. The number of hydrogen-bond acceptors (Lipinski definition) is 6. The molecule has 0 fully saturated rings. The zero-order chi connectivity index (χ0) is 22.4. The van der Waals surface area contributed by atoms with E-state index in [9.17, 15) is 4.79 Å². The third-order valence-corrected chi connectivity index (χ3v) is 5.77. The first-order valence-electron chi connectivity index (χ1n) is 9.79. The van der Waals surface area contributed by atoms with Crippen LogP contribution in [0.3, 0.4) is 0 Å². The van der Waals surface area contributed by atoms with E-state index in [-0.39, 0.29) is 11.7 Å². The van der Waals surface area contributed by atoms with E-state index in [0.29, 0.717) is 40.6 Å². The van der Waals surface area contributed by atoms with Gasteiger partial charge in [-0.2, -0.15) is 0 Å². The zero-order valence-corrected chi connectivity index (χ0v) is 19.5. The Bertz CT molecular complexity index is 1070. The van der Waals surface area contributed by atoms with Crippen LogP contribution in [0.2, 0.25) is 5.02 Å². The summed E-state index contributed by atoms with van der Waals surface area (Å²) in [6.07, 6.45) is 0. The lowest BCUT2D eigenvalue weighted by Gasteiger charge is -2.12. The number of rotatable bonds is 9. The first-order valence-corrected chi connectivity index (χ1v) is 11.2. The van der Waals surface area contributed by atoms with Crippen molar-refractivity contribution in [3.05, 3.63) is 58.4 Å². The molecule has 0 aliphatic carbocycles. The second kappa shape index (κ2) is 10.5. The van der Waals surface area contributed by atoms with Crippen LogP contribution < -0.4 is 14.8 Å². The highest BCUT2D eigenvalue weighted by atomic mass is 35.5. The molecule has 3 aromatic rings. The molecule has 0 aliphatic rings. The highest BCUT2D eigenvalue weighted by Crippen LogP contribution is 2.28. The quantitative estimate of drug-likeness (QED) is 0.458. The average Bonchev–Trinajstić information content (AvgIpc) is 3.13. The molecule has 3 rings (SSSR count). The Morgan fingerprint density at radius 2 is 1.94 bits per heavy atom. The number of ether oxygens (including phenoxy) is 2. The van der Waals surface area contributed by atoms with Gasteiger partial charge in [-0.3, -0.25) is 4.79 Å². The van der Waals surface area contributed by atoms with Gasteiger partial charge in [0.2, 0.25) is 5.91 Å². The van der Waals surface area contributed by atoms with Crippen molar-refractivity contribution in [3.63, 3.8) is 0 Å². The molecule has 1 N–H and O–H groups in total. The van der Waals surface area contributed by atoms with Crippen molar-refractivity contribution in [2.24, 2.45) is 0 Å². The third-order valence-electron chi connectivity index (χ3n) is 4.56. The Kier molecular flexibility index (Phi) is 7.81. The van der Waals surface area contributed by atoms with Gasteiger partial charge in [0.15, 0.2) is 11.0 Å². The van der Waals surface area contributed by atoms with E-state index < -0.39 is 0 Å².